The smallest absolute Gasteiger partial charge is 0.340 e. The molecule has 2 rings (SSSR count). The first-order valence-corrected chi connectivity index (χ1v) is 6.84. The van der Waals surface area contributed by atoms with E-state index in [0.717, 1.165) is 17.6 Å². The normalized spacial score (nSPS) is 10.5. The van der Waals surface area contributed by atoms with E-state index in [-0.39, 0.29) is 16.1 Å². The van der Waals surface area contributed by atoms with Gasteiger partial charge in [0, 0.05) is 12.6 Å². The fraction of sp³-hybridized carbons (Fsp3) is 0.214. The number of anilines is 1. The number of benzene rings is 1. The lowest BCUT2D eigenvalue weighted by Crippen LogP contribution is -2.27. The Morgan fingerprint density at radius 3 is 2.57 bits per heavy atom. The highest BCUT2D eigenvalue weighted by Crippen LogP contribution is 2.29. The highest BCUT2D eigenvalue weighted by Gasteiger charge is 2.24. The summed E-state index contributed by atoms with van der Waals surface area (Å²) in [6.45, 7) is 3.16. The summed E-state index contributed by atoms with van der Waals surface area (Å²) in [5, 5.41) is 9.41. The first-order valence-electron chi connectivity index (χ1n) is 6.06. The summed E-state index contributed by atoms with van der Waals surface area (Å²) in [7, 11) is 1.44. The number of carboxylic acid groups (broad SMARTS) is 1. The molecule has 7 heteroatoms. The molecule has 0 unspecified atom stereocenters. The van der Waals surface area contributed by atoms with Gasteiger partial charge in [0.25, 0.3) is 5.91 Å². The van der Waals surface area contributed by atoms with Crippen LogP contribution in [0.5, 0.6) is 0 Å². The van der Waals surface area contributed by atoms with E-state index in [9.17, 15) is 19.1 Å². The Labute approximate surface area is 124 Å². The first kappa shape index (κ1) is 15.1. The number of aromatic nitrogens is 1. The third kappa shape index (κ3) is 2.78. The largest absolute Gasteiger partial charge is 0.478 e. The van der Waals surface area contributed by atoms with Crippen LogP contribution in [0.2, 0.25) is 0 Å². The molecule has 0 radical (unpaired) electrons. The molecule has 1 aromatic carbocycles. The van der Waals surface area contributed by atoms with Crippen molar-refractivity contribution in [2.75, 3.05) is 11.9 Å². The summed E-state index contributed by atoms with van der Waals surface area (Å²) in [6.07, 6.45) is 0. The molecule has 0 aliphatic rings. The Morgan fingerprint density at radius 1 is 1.33 bits per heavy atom. The number of hydrogen-bond donors (Lipinski definition) is 1. The van der Waals surface area contributed by atoms with Crippen molar-refractivity contribution in [3.8, 4) is 0 Å². The molecular formula is C14H13FN2O3S. The predicted octanol–water partition coefficient (Wildman–Crippen LogP) is 2.87. The molecule has 2 aromatic rings. The number of halogens is 1. The second kappa shape index (κ2) is 5.61. The summed E-state index contributed by atoms with van der Waals surface area (Å²) < 4.78 is 17.5. The second-order valence-corrected chi connectivity index (χ2v) is 5.33. The maximum Gasteiger partial charge on any atom is 0.340 e. The van der Waals surface area contributed by atoms with Crippen LogP contribution in [0.25, 0.3) is 0 Å². The van der Waals surface area contributed by atoms with Gasteiger partial charge in [-0.25, -0.2) is 9.18 Å². The Kier molecular flexibility index (Phi) is 4.04. The molecule has 110 valence electrons. The van der Waals surface area contributed by atoms with Gasteiger partial charge in [0.15, 0.2) is 0 Å². The van der Waals surface area contributed by atoms with Crippen LogP contribution in [-0.2, 0) is 0 Å². The monoisotopic (exact) mass is 308 g/mol. The minimum absolute atomic E-state index is 0.0107. The standard InChI is InChI=1S/C14H13FN2O3S/c1-7-4-5-9(6-10(7)15)12(18)17(3)13-11(14(19)20)8(2)16-21-13/h4-6H,1-3H3,(H,19,20). The molecule has 1 heterocycles. The molecule has 0 fully saturated rings. The summed E-state index contributed by atoms with van der Waals surface area (Å²) in [4.78, 5) is 24.8. The molecular weight excluding hydrogens is 295 g/mol. The van der Waals surface area contributed by atoms with Gasteiger partial charge in [-0.3, -0.25) is 4.79 Å². The summed E-state index contributed by atoms with van der Waals surface area (Å²) >= 11 is 0.923. The average molecular weight is 308 g/mol. The van der Waals surface area contributed by atoms with Crippen molar-refractivity contribution in [2.45, 2.75) is 13.8 Å². The van der Waals surface area contributed by atoms with Crippen molar-refractivity contribution in [2.24, 2.45) is 0 Å². The molecule has 1 aromatic heterocycles. The van der Waals surface area contributed by atoms with Crippen molar-refractivity contribution < 1.29 is 19.1 Å². The van der Waals surface area contributed by atoms with Crippen molar-refractivity contribution in [3.63, 3.8) is 0 Å². The Hall–Kier alpha value is -2.28. The quantitative estimate of drug-likeness (QED) is 0.946. The van der Waals surface area contributed by atoms with E-state index in [1.807, 2.05) is 0 Å². The minimum Gasteiger partial charge on any atom is -0.478 e. The lowest BCUT2D eigenvalue weighted by Gasteiger charge is -2.16. The van der Waals surface area contributed by atoms with Crippen molar-refractivity contribution >= 4 is 28.4 Å². The zero-order valence-corrected chi connectivity index (χ0v) is 12.5. The SMILES string of the molecule is Cc1ccc(C(=O)N(C)c2snc(C)c2C(=O)O)cc1F. The van der Waals surface area contributed by atoms with Crippen molar-refractivity contribution in [3.05, 3.63) is 46.4 Å². The molecule has 21 heavy (non-hydrogen) atoms. The number of carbonyl (C=O) groups is 2. The molecule has 0 saturated carbocycles. The van der Waals surface area contributed by atoms with Gasteiger partial charge in [-0.1, -0.05) is 6.07 Å². The van der Waals surface area contributed by atoms with Gasteiger partial charge in [-0.05, 0) is 43.1 Å². The predicted molar refractivity (Wildman–Crippen MR) is 77.7 cm³/mol. The average Bonchev–Trinajstić information content (AvgIpc) is 2.82. The number of amides is 1. The van der Waals surface area contributed by atoms with Crippen LogP contribution >= 0.6 is 11.5 Å². The highest BCUT2D eigenvalue weighted by atomic mass is 32.1. The summed E-state index contributed by atoms with van der Waals surface area (Å²) in [5.74, 6) is -2.11. The molecule has 1 N–H and O–H groups in total. The third-order valence-electron chi connectivity index (χ3n) is 3.09. The van der Waals surface area contributed by atoms with Crippen LogP contribution in [0.3, 0.4) is 0 Å². The molecule has 0 aliphatic heterocycles. The van der Waals surface area contributed by atoms with Gasteiger partial charge < -0.3 is 10.0 Å². The molecule has 0 spiro atoms. The van der Waals surface area contributed by atoms with E-state index in [0.29, 0.717) is 11.3 Å². The number of carbonyl (C=O) groups excluding carboxylic acids is 1. The zero-order valence-electron chi connectivity index (χ0n) is 11.7. The van der Waals surface area contributed by atoms with Gasteiger partial charge >= 0.3 is 5.97 Å². The number of nitrogens with zero attached hydrogens (tertiary/aromatic N) is 2. The Morgan fingerprint density at radius 2 is 2.00 bits per heavy atom. The van der Waals surface area contributed by atoms with Crippen LogP contribution in [-0.4, -0.2) is 28.4 Å². The van der Waals surface area contributed by atoms with Gasteiger partial charge in [0.2, 0.25) is 0 Å². The van der Waals surface area contributed by atoms with Gasteiger partial charge in [0.1, 0.15) is 16.4 Å². The number of carboxylic acids is 1. The second-order valence-electron chi connectivity index (χ2n) is 4.58. The Balaban J connectivity index is 2.40. The topological polar surface area (TPSA) is 70.5 Å². The number of aryl methyl sites for hydroxylation is 2. The molecule has 1 amide bonds. The van der Waals surface area contributed by atoms with Gasteiger partial charge in [0.05, 0.1) is 5.69 Å². The van der Waals surface area contributed by atoms with E-state index in [4.69, 9.17) is 0 Å². The number of hydrogen-bond acceptors (Lipinski definition) is 4. The van der Waals surface area contributed by atoms with E-state index in [2.05, 4.69) is 4.37 Å². The molecule has 0 saturated heterocycles. The van der Waals surface area contributed by atoms with Crippen LogP contribution in [0.15, 0.2) is 18.2 Å². The van der Waals surface area contributed by atoms with E-state index >= 15 is 0 Å². The molecule has 0 atom stereocenters. The van der Waals surface area contributed by atoms with Crippen molar-refractivity contribution in [1.29, 1.82) is 0 Å². The van der Waals surface area contributed by atoms with Gasteiger partial charge in [-0.15, -0.1) is 0 Å². The van der Waals surface area contributed by atoms with Crippen LogP contribution in [0.4, 0.5) is 9.39 Å². The number of rotatable bonds is 3. The van der Waals surface area contributed by atoms with Crippen molar-refractivity contribution in [1.82, 2.24) is 4.37 Å². The Bertz CT molecular complexity index is 727. The number of aromatic carboxylic acids is 1. The molecule has 5 nitrogen and oxygen atoms in total. The van der Waals surface area contributed by atoms with E-state index < -0.39 is 17.7 Å². The molecule has 0 bridgehead atoms. The van der Waals surface area contributed by atoms with Crippen LogP contribution < -0.4 is 4.90 Å². The summed E-state index contributed by atoms with van der Waals surface area (Å²) in [6, 6.07) is 4.15. The third-order valence-corrected chi connectivity index (χ3v) is 4.10. The van der Waals surface area contributed by atoms with E-state index in [1.165, 1.54) is 24.1 Å². The van der Waals surface area contributed by atoms with Crippen LogP contribution in [0.1, 0.15) is 32.0 Å². The minimum atomic E-state index is -1.15. The van der Waals surface area contributed by atoms with E-state index in [1.54, 1.807) is 13.8 Å². The fourth-order valence-corrected chi connectivity index (χ4v) is 2.69. The lowest BCUT2D eigenvalue weighted by atomic mass is 10.1. The first-order chi connectivity index (χ1) is 9.82. The zero-order chi connectivity index (χ0) is 15.7. The molecule has 0 aliphatic carbocycles. The lowest BCUT2D eigenvalue weighted by molar-refractivity contribution is 0.0697. The maximum absolute atomic E-state index is 13.5. The highest BCUT2D eigenvalue weighted by molar-refractivity contribution is 7.11. The van der Waals surface area contributed by atoms with Crippen LogP contribution in [0, 0.1) is 19.7 Å². The maximum atomic E-state index is 13.5. The fourth-order valence-electron chi connectivity index (χ4n) is 1.84. The van der Waals surface area contributed by atoms with Gasteiger partial charge in [-0.2, -0.15) is 4.37 Å². The summed E-state index contributed by atoms with van der Waals surface area (Å²) in [5.41, 5.74) is 0.928.